The third-order valence-electron chi connectivity index (χ3n) is 2.45. The minimum Gasteiger partial charge on any atom is -0.499 e. The van der Waals surface area contributed by atoms with Gasteiger partial charge in [0.2, 0.25) is 0 Å². The van der Waals surface area contributed by atoms with Crippen LogP contribution in [0.25, 0.3) is 0 Å². The molecular weight excluding hydrogens is 262 g/mol. The lowest BCUT2D eigenvalue weighted by atomic mass is 10.4. The van der Waals surface area contributed by atoms with Crippen molar-refractivity contribution in [1.82, 2.24) is 4.90 Å². The van der Waals surface area contributed by atoms with E-state index >= 15 is 0 Å². The molecule has 0 radical (unpaired) electrons. The van der Waals surface area contributed by atoms with E-state index in [4.69, 9.17) is 24.1 Å². The number of hydrogen-bond donors (Lipinski definition) is 1. The van der Waals surface area contributed by atoms with Crippen molar-refractivity contribution in [2.24, 2.45) is 0 Å². The fourth-order valence-electron chi connectivity index (χ4n) is 1.45. The van der Waals surface area contributed by atoms with E-state index in [1.54, 1.807) is 0 Å². The van der Waals surface area contributed by atoms with Crippen LogP contribution < -0.4 is 0 Å². The second-order valence-electron chi connectivity index (χ2n) is 3.86. The van der Waals surface area contributed by atoms with Gasteiger partial charge in [-0.25, -0.2) is 0 Å². The predicted octanol–water partition coefficient (Wildman–Crippen LogP) is 0.634. The molecule has 0 aliphatic heterocycles. The summed E-state index contributed by atoms with van der Waals surface area (Å²) in [6, 6.07) is 0. The first-order chi connectivity index (χ1) is 9.85. The average molecular weight is 289 g/mol. The zero-order chi connectivity index (χ0) is 14.9. The van der Waals surface area contributed by atoms with E-state index < -0.39 is 0 Å². The number of aliphatic hydroxyl groups is 1. The largest absolute Gasteiger partial charge is 0.499 e. The Morgan fingerprint density at radius 3 is 1.65 bits per heavy atom. The summed E-state index contributed by atoms with van der Waals surface area (Å²) in [5.41, 5.74) is 0. The van der Waals surface area contributed by atoms with Crippen molar-refractivity contribution in [3.8, 4) is 0 Å². The number of rotatable bonds is 16. The fourth-order valence-corrected chi connectivity index (χ4v) is 1.45. The number of hydrogen-bond acceptors (Lipinski definition) is 6. The summed E-state index contributed by atoms with van der Waals surface area (Å²) in [6.07, 6.45) is 2.80. The Morgan fingerprint density at radius 2 is 1.25 bits per heavy atom. The summed E-state index contributed by atoms with van der Waals surface area (Å²) in [5, 5.41) is 9.00. The highest BCUT2D eigenvalue weighted by Crippen LogP contribution is 1.90. The van der Waals surface area contributed by atoms with Gasteiger partial charge < -0.3 is 24.1 Å². The summed E-state index contributed by atoms with van der Waals surface area (Å²) >= 11 is 0. The Kier molecular flexibility index (Phi) is 15.1. The molecule has 0 aliphatic rings. The molecule has 0 spiro atoms. The van der Waals surface area contributed by atoms with Crippen LogP contribution in [0.15, 0.2) is 25.7 Å². The van der Waals surface area contributed by atoms with Crippen LogP contribution in [0.1, 0.15) is 0 Å². The lowest BCUT2D eigenvalue weighted by Gasteiger charge is -2.21. The highest BCUT2D eigenvalue weighted by atomic mass is 16.5. The van der Waals surface area contributed by atoms with Crippen molar-refractivity contribution in [1.29, 1.82) is 0 Å². The van der Waals surface area contributed by atoms with Crippen molar-refractivity contribution >= 4 is 0 Å². The van der Waals surface area contributed by atoms with Crippen LogP contribution in [0.5, 0.6) is 0 Å². The van der Waals surface area contributed by atoms with E-state index in [1.807, 2.05) is 0 Å². The molecule has 0 rings (SSSR count). The average Bonchev–Trinajstić information content (AvgIpc) is 2.46. The first-order valence-electron chi connectivity index (χ1n) is 6.78. The van der Waals surface area contributed by atoms with E-state index in [9.17, 15) is 0 Å². The SMILES string of the molecule is C=COCCOCCN(CCO)CCOCCOC=C. The summed E-state index contributed by atoms with van der Waals surface area (Å²) in [7, 11) is 0. The van der Waals surface area contributed by atoms with Crippen molar-refractivity contribution in [2.75, 3.05) is 65.9 Å². The molecule has 6 heteroatoms. The predicted molar refractivity (Wildman–Crippen MR) is 77.5 cm³/mol. The molecule has 0 aromatic rings. The van der Waals surface area contributed by atoms with Gasteiger partial charge in [0, 0.05) is 19.6 Å². The van der Waals surface area contributed by atoms with Crippen LogP contribution in [0.4, 0.5) is 0 Å². The molecule has 0 aromatic carbocycles. The molecule has 0 fully saturated rings. The van der Waals surface area contributed by atoms with Gasteiger partial charge in [-0.2, -0.15) is 0 Å². The van der Waals surface area contributed by atoms with Gasteiger partial charge in [0.1, 0.15) is 13.2 Å². The first kappa shape index (κ1) is 18.9. The standard InChI is InChI=1S/C14H27NO5/c1-3-17-11-13-19-9-6-15(5-8-16)7-10-20-14-12-18-4-2/h3-4,16H,1-2,5-14H2. The van der Waals surface area contributed by atoms with Gasteiger partial charge in [-0.1, -0.05) is 13.2 Å². The van der Waals surface area contributed by atoms with Crippen molar-refractivity contribution < 1.29 is 24.1 Å². The molecule has 20 heavy (non-hydrogen) atoms. The van der Waals surface area contributed by atoms with Gasteiger partial charge in [-0.05, 0) is 0 Å². The maximum Gasteiger partial charge on any atom is 0.111 e. The van der Waals surface area contributed by atoms with E-state index in [1.165, 1.54) is 12.5 Å². The van der Waals surface area contributed by atoms with Gasteiger partial charge in [-0.15, -0.1) is 0 Å². The van der Waals surface area contributed by atoms with Crippen LogP contribution in [-0.4, -0.2) is 75.9 Å². The molecular formula is C14H27NO5. The highest BCUT2D eigenvalue weighted by molar-refractivity contribution is 4.57. The number of aliphatic hydroxyl groups excluding tert-OH is 1. The molecule has 0 unspecified atom stereocenters. The van der Waals surface area contributed by atoms with Crippen LogP contribution in [0, 0.1) is 0 Å². The molecule has 118 valence electrons. The summed E-state index contributed by atoms with van der Waals surface area (Å²) in [6.45, 7) is 12.4. The maximum atomic E-state index is 9.00. The Morgan fingerprint density at radius 1 is 0.750 bits per heavy atom. The third-order valence-corrected chi connectivity index (χ3v) is 2.45. The zero-order valence-electron chi connectivity index (χ0n) is 12.2. The van der Waals surface area contributed by atoms with Crippen LogP contribution in [0.2, 0.25) is 0 Å². The molecule has 1 N–H and O–H groups in total. The van der Waals surface area contributed by atoms with Crippen molar-refractivity contribution in [2.45, 2.75) is 0 Å². The lowest BCUT2D eigenvalue weighted by molar-refractivity contribution is 0.0425. The summed E-state index contributed by atoms with van der Waals surface area (Å²) in [5.74, 6) is 0. The zero-order valence-corrected chi connectivity index (χ0v) is 12.2. The lowest BCUT2D eigenvalue weighted by Crippen LogP contribution is -2.33. The molecule has 6 nitrogen and oxygen atoms in total. The van der Waals surface area contributed by atoms with Gasteiger partial charge >= 0.3 is 0 Å². The number of ether oxygens (including phenoxy) is 4. The van der Waals surface area contributed by atoms with E-state index in [2.05, 4.69) is 18.1 Å². The highest BCUT2D eigenvalue weighted by Gasteiger charge is 2.04. The first-order valence-corrected chi connectivity index (χ1v) is 6.78. The Balaban J connectivity index is 3.49. The molecule has 0 heterocycles. The van der Waals surface area contributed by atoms with Crippen LogP contribution in [0.3, 0.4) is 0 Å². The van der Waals surface area contributed by atoms with Crippen LogP contribution in [-0.2, 0) is 18.9 Å². The Bertz CT molecular complexity index is 206. The topological polar surface area (TPSA) is 60.4 Å². The van der Waals surface area contributed by atoms with E-state index in [-0.39, 0.29) is 6.61 Å². The van der Waals surface area contributed by atoms with Gasteiger partial charge in [0.15, 0.2) is 0 Å². The van der Waals surface area contributed by atoms with E-state index in [0.717, 1.165) is 13.1 Å². The summed E-state index contributed by atoms with van der Waals surface area (Å²) < 4.78 is 20.7. The minimum atomic E-state index is 0.124. The normalized spacial score (nSPS) is 10.5. The molecule has 0 bridgehead atoms. The minimum absolute atomic E-state index is 0.124. The fraction of sp³-hybridized carbons (Fsp3) is 0.714. The van der Waals surface area contributed by atoms with E-state index in [0.29, 0.717) is 46.2 Å². The quantitative estimate of drug-likeness (QED) is 0.332. The molecule has 0 saturated carbocycles. The van der Waals surface area contributed by atoms with Gasteiger partial charge in [-0.3, -0.25) is 4.90 Å². The molecule has 0 aromatic heterocycles. The summed E-state index contributed by atoms with van der Waals surface area (Å²) in [4.78, 5) is 2.09. The maximum absolute atomic E-state index is 9.00. The molecule has 0 aliphatic carbocycles. The van der Waals surface area contributed by atoms with Crippen LogP contribution >= 0.6 is 0 Å². The second-order valence-corrected chi connectivity index (χ2v) is 3.86. The number of nitrogens with zero attached hydrogens (tertiary/aromatic N) is 1. The molecule has 0 amide bonds. The molecule has 0 atom stereocenters. The Labute approximate surface area is 121 Å². The molecule has 0 saturated heterocycles. The second kappa shape index (κ2) is 16.0. The third kappa shape index (κ3) is 13.4. The monoisotopic (exact) mass is 289 g/mol. The van der Waals surface area contributed by atoms with Gasteiger partial charge in [0.25, 0.3) is 0 Å². The van der Waals surface area contributed by atoms with Crippen molar-refractivity contribution in [3.05, 3.63) is 25.7 Å². The van der Waals surface area contributed by atoms with Crippen molar-refractivity contribution in [3.63, 3.8) is 0 Å². The smallest absolute Gasteiger partial charge is 0.111 e. The Hall–Kier alpha value is -1.08. The van der Waals surface area contributed by atoms with Gasteiger partial charge in [0.05, 0.1) is 45.6 Å².